The van der Waals surface area contributed by atoms with Gasteiger partial charge in [-0.15, -0.1) is 5.92 Å². The van der Waals surface area contributed by atoms with Crippen LogP contribution in [-0.2, 0) is 4.79 Å². The zero-order valence-corrected chi connectivity index (χ0v) is 12.7. The van der Waals surface area contributed by atoms with Crippen LogP contribution in [0.4, 0.5) is 0 Å². The molecule has 0 atom stereocenters. The van der Waals surface area contributed by atoms with Gasteiger partial charge in [0.05, 0.1) is 0 Å². The number of aliphatic carboxylic acids is 1. The molecular formula is C18H28O2. The third-order valence-electron chi connectivity index (χ3n) is 2.87. The van der Waals surface area contributed by atoms with E-state index in [4.69, 9.17) is 5.11 Å². The predicted octanol–water partition coefficient (Wildman–Crippen LogP) is 5.11. The molecule has 0 aliphatic rings. The summed E-state index contributed by atoms with van der Waals surface area (Å²) in [5.41, 5.74) is 0. The van der Waals surface area contributed by atoms with Gasteiger partial charge in [0.15, 0.2) is 0 Å². The summed E-state index contributed by atoms with van der Waals surface area (Å²) >= 11 is 0. The zero-order chi connectivity index (χ0) is 14.9. The van der Waals surface area contributed by atoms with Gasteiger partial charge in [-0.25, -0.2) is 0 Å². The number of carboxylic acids is 1. The SMILES string of the molecule is CCCCCC#CCC=CCC=CCCCCC(=O)O. The Labute approximate surface area is 124 Å². The second-order valence-corrected chi connectivity index (χ2v) is 4.83. The molecule has 0 heterocycles. The number of hydrogen-bond acceptors (Lipinski definition) is 1. The molecule has 0 radical (unpaired) electrons. The van der Waals surface area contributed by atoms with Crippen LogP contribution in [0, 0.1) is 11.8 Å². The Balaban J connectivity index is 3.36. The van der Waals surface area contributed by atoms with Gasteiger partial charge in [0.25, 0.3) is 0 Å². The van der Waals surface area contributed by atoms with E-state index in [0.29, 0.717) is 0 Å². The maximum Gasteiger partial charge on any atom is 0.303 e. The van der Waals surface area contributed by atoms with Crippen LogP contribution in [0.1, 0.15) is 71.1 Å². The highest BCUT2D eigenvalue weighted by Gasteiger charge is 1.93. The number of carbonyl (C=O) groups is 1. The van der Waals surface area contributed by atoms with E-state index in [0.717, 1.165) is 38.5 Å². The number of hydrogen-bond donors (Lipinski definition) is 1. The molecule has 0 spiro atoms. The normalized spacial score (nSPS) is 10.8. The van der Waals surface area contributed by atoms with E-state index in [1.54, 1.807) is 0 Å². The monoisotopic (exact) mass is 276 g/mol. The van der Waals surface area contributed by atoms with Crippen molar-refractivity contribution < 1.29 is 9.90 Å². The van der Waals surface area contributed by atoms with Crippen molar-refractivity contribution in [3.05, 3.63) is 24.3 Å². The number of unbranched alkanes of at least 4 members (excludes halogenated alkanes) is 5. The largest absolute Gasteiger partial charge is 0.481 e. The molecule has 0 fully saturated rings. The average Bonchev–Trinajstić information content (AvgIpc) is 2.43. The standard InChI is InChI=1S/C18H28O2/c1-2-3-4-5-6-7-8-9-10-11-12-13-14-15-16-17-18(19)20/h9-10,12-13H,2-5,8,11,14-17H2,1H3,(H,19,20). The minimum absolute atomic E-state index is 0.282. The summed E-state index contributed by atoms with van der Waals surface area (Å²) < 4.78 is 0. The molecule has 2 heteroatoms. The molecule has 0 bridgehead atoms. The van der Waals surface area contributed by atoms with Gasteiger partial charge in [0.1, 0.15) is 0 Å². The first-order valence-corrected chi connectivity index (χ1v) is 7.75. The minimum Gasteiger partial charge on any atom is -0.481 e. The van der Waals surface area contributed by atoms with E-state index in [2.05, 4.69) is 43.1 Å². The summed E-state index contributed by atoms with van der Waals surface area (Å²) in [6, 6.07) is 0. The van der Waals surface area contributed by atoms with Crippen molar-refractivity contribution in [2.75, 3.05) is 0 Å². The summed E-state index contributed by atoms with van der Waals surface area (Å²) in [4.78, 5) is 10.3. The van der Waals surface area contributed by atoms with Gasteiger partial charge in [-0.05, 0) is 32.1 Å². The molecule has 0 aromatic rings. The highest BCUT2D eigenvalue weighted by atomic mass is 16.4. The van der Waals surface area contributed by atoms with Crippen LogP contribution in [0.15, 0.2) is 24.3 Å². The van der Waals surface area contributed by atoms with Crippen molar-refractivity contribution >= 4 is 5.97 Å². The second kappa shape index (κ2) is 15.6. The summed E-state index contributed by atoms with van der Waals surface area (Å²) in [7, 11) is 0. The van der Waals surface area contributed by atoms with Crippen molar-refractivity contribution in [2.24, 2.45) is 0 Å². The van der Waals surface area contributed by atoms with Crippen molar-refractivity contribution in [3.8, 4) is 11.8 Å². The van der Waals surface area contributed by atoms with Gasteiger partial charge < -0.3 is 5.11 Å². The molecule has 20 heavy (non-hydrogen) atoms. The molecular weight excluding hydrogens is 248 g/mol. The molecule has 0 saturated heterocycles. The molecule has 0 saturated carbocycles. The van der Waals surface area contributed by atoms with Crippen molar-refractivity contribution in [2.45, 2.75) is 71.1 Å². The fraction of sp³-hybridized carbons (Fsp3) is 0.611. The highest BCUT2D eigenvalue weighted by molar-refractivity contribution is 5.66. The quantitative estimate of drug-likeness (QED) is 0.323. The Hall–Kier alpha value is -1.49. The van der Waals surface area contributed by atoms with E-state index in [-0.39, 0.29) is 6.42 Å². The lowest BCUT2D eigenvalue weighted by molar-refractivity contribution is -0.137. The van der Waals surface area contributed by atoms with E-state index < -0.39 is 5.97 Å². The van der Waals surface area contributed by atoms with Gasteiger partial charge in [0, 0.05) is 19.3 Å². The summed E-state index contributed by atoms with van der Waals surface area (Å²) in [5.74, 6) is 5.64. The number of carboxylic acid groups (broad SMARTS) is 1. The molecule has 0 aliphatic heterocycles. The third-order valence-corrected chi connectivity index (χ3v) is 2.87. The lowest BCUT2D eigenvalue weighted by atomic mass is 10.2. The van der Waals surface area contributed by atoms with Crippen LogP contribution in [0.25, 0.3) is 0 Å². The van der Waals surface area contributed by atoms with E-state index in [1.165, 1.54) is 19.3 Å². The van der Waals surface area contributed by atoms with Gasteiger partial charge in [-0.1, -0.05) is 50.0 Å². The second-order valence-electron chi connectivity index (χ2n) is 4.83. The summed E-state index contributed by atoms with van der Waals surface area (Å²) in [6.45, 7) is 2.20. The summed E-state index contributed by atoms with van der Waals surface area (Å²) in [6.07, 6.45) is 18.0. The van der Waals surface area contributed by atoms with E-state index in [1.807, 2.05) is 0 Å². The van der Waals surface area contributed by atoms with E-state index >= 15 is 0 Å². The number of rotatable bonds is 11. The van der Waals surface area contributed by atoms with Crippen LogP contribution in [-0.4, -0.2) is 11.1 Å². The van der Waals surface area contributed by atoms with Crippen LogP contribution in [0.2, 0.25) is 0 Å². The molecule has 0 unspecified atom stereocenters. The minimum atomic E-state index is -0.701. The Morgan fingerprint density at radius 1 is 1.00 bits per heavy atom. The topological polar surface area (TPSA) is 37.3 Å². The van der Waals surface area contributed by atoms with Crippen LogP contribution in [0.5, 0.6) is 0 Å². The zero-order valence-electron chi connectivity index (χ0n) is 12.7. The fourth-order valence-corrected chi connectivity index (χ4v) is 1.69. The van der Waals surface area contributed by atoms with Gasteiger partial charge >= 0.3 is 5.97 Å². The Bertz CT molecular complexity index is 342. The maximum absolute atomic E-state index is 10.3. The molecule has 0 aromatic heterocycles. The van der Waals surface area contributed by atoms with E-state index in [9.17, 15) is 4.79 Å². The molecule has 1 N–H and O–H groups in total. The lowest BCUT2D eigenvalue weighted by Gasteiger charge is -1.92. The molecule has 2 nitrogen and oxygen atoms in total. The third kappa shape index (κ3) is 16.5. The van der Waals surface area contributed by atoms with Crippen molar-refractivity contribution in [1.29, 1.82) is 0 Å². The Kier molecular flexibility index (Phi) is 14.4. The Morgan fingerprint density at radius 2 is 1.80 bits per heavy atom. The average molecular weight is 276 g/mol. The molecule has 112 valence electrons. The summed E-state index contributed by atoms with van der Waals surface area (Å²) in [5, 5.41) is 8.48. The molecule has 0 amide bonds. The number of allylic oxidation sites excluding steroid dienone is 4. The van der Waals surface area contributed by atoms with Crippen LogP contribution >= 0.6 is 0 Å². The van der Waals surface area contributed by atoms with Gasteiger partial charge in [-0.2, -0.15) is 0 Å². The fourth-order valence-electron chi connectivity index (χ4n) is 1.69. The van der Waals surface area contributed by atoms with Crippen molar-refractivity contribution in [3.63, 3.8) is 0 Å². The molecule has 0 rings (SSSR count). The molecule has 0 aromatic carbocycles. The predicted molar refractivity (Wildman–Crippen MR) is 85.5 cm³/mol. The lowest BCUT2D eigenvalue weighted by Crippen LogP contribution is -1.92. The maximum atomic E-state index is 10.3. The smallest absolute Gasteiger partial charge is 0.303 e. The van der Waals surface area contributed by atoms with Crippen LogP contribution < -0.4 is 0 Å². The Morgan fingerprint density at radius 3 is 2.55 bits per heavy atom. The van der Waals surface area contributed by atoms with Crippen molar-refractivity contribution in [1.82, 2.24) is 0 Å². The first-order chi connectivity index (χ1) is 9.77. The van der Waals surface area contributed by atoms with Crippen LogP contribution in [0.3, 0.4) is 0 Å². The first-order valence-electron chi connectivity index (χ1n) is 7.75. The van der Waals surface area contributed by atoms with Gasteiger partial charge in [0.2, 0.25) is 0 Å². The van der Waals surface area contributed by atoms with Gasteiger partial charge in [-0.3, -0.25) is 4.79 Å². The molecule has 0 aliphatic carbocycles. The first kappa shape index (κ1) is 18.5. The highest BCUT2D eigenvalue weighted by Crippen LogP contribution is 2.01.